The Bertz CT molecular complexity index is 875. The van der Waals surface area contributed by atoms with Crippen molar-refractivity contribution in [3.05, 3.63) is 72.0 Å². The Morgan fingerprint density at radius 2 is 2.15 bits per heavy atom. The fourth-order valence-corrected chi connectivity index (χ4v) is 3.10. The molecule has 6 nitrogen and oxygen atoms in total. The van der Waals surface area contributed by atoms with Crippen LogP contribution in [0.25, 0.3) is 6.08 Å². The first-order valence-electron chi connectivity index (χ1n) is 8.62. The number of hydrogen-bond donors (Lipinski definition) is 0. The van der Waals surface area contributed by atoms with E-state index in [2.05, 4.69) is 15.3 Å². The predicted octanol–water partition coefficient (Wildman–Crippen LogP) is 3.44. The van der Waals surface area contributed by atoms with Crippen molar-refractivity contribution in [3.63, 3.8) is 0 Å². The molecule has 0 radical (unpaired) electrons. The van der Waals surface area contributed by atoms with Crippen LogP contribution in [0.4, 0.5) is 4.39 Å². The van der Waals surface area contributed by atoms with Crippen LogP contribution in [-0.4, -0.2) is 26.6 Å². The summed E-state index contributed by atoms with van der Waals surface area (Å²) in [5, 5.41) is 12.5. The predicted molar refractivity (Wildman–Crippen MR) is 92.5 cm³/mol. The number of aromatic nitrogens is 4. The maximum absolute atomic E-state index is 13.6. The molecule has 0 aliphatic carbocycles. The highest BCUT2D eigenvalue weighted by Crippen LogP contribution is 2.34. The second-order valence-corrected chi connectivity index (χ2v) is 6.23. The van der Waals surface area contributed by atoms with Crippen molar-refractivity contribution in [3.8, 4) is 0 Å². The average Bonchev–Trinajstić information content (AvgIpc) is 3.39. The topological polar surface area (TPSA) is 66.0 Å². The monoisotopic (exact) mass is 354 g/mol. The molecule has 0 N–H and O–H groups in total. The van der Waals surface area contributed by atoms with Crippen LogP contribution in [-0.2, 0) is 17.7 Å². The highest BCUT2D eigenvalue weighted by Gasteiger charge is 2.34. The van der Waals surface area contributed by atoms with Crippen molar-refractivity contribution in [1.82, 2.24) is 20.0 Å². The van der Waals surface area contributed by atoms with Crippen LogP contribution in [0.2, 0.25) is 0 Å². The minimum atomic E-state index is -0.254. The molecule has 1 aliphatic rings. The van der Waals surface area contributed by atoms with Crippen LogP contribution in [0.3, 0.4) is 0 Å². The van der Waals surface area contributed by atoms with E-state index in [0.717, 1.165) is 13.0 Å². The molecule has 1 aromatic carbocycles. The molecule has 134 valence electrons. The summed E-state index contributed by atoms with van der Waals surface area (Å²) in [5.74, 6) is 0.975. The fourth-order valence-electron chi connectivity index (χ4n) is 3.10. The van der Waals surface area contributed by atoms with Gasteiger partial charge in [-0.3, -0.25) is 4.68 Å². The summed E-state index contributed by atoms with van der Waals surface area (Å²) >= 11 is 0. The Kier molecular flexibility index (Phi) is 4.88. The van der Waals surface area contributed by atoms with Gasteiger partial charge in [-0.2, -0.15) is 5.10 Å². The number of benzene rings is 1. The second-order valence-electron chi connectivity index (χ2n) is 6.23. The smallest absolute Gasteiger partial charge is 0.245 e. The molecule has 0 unspecified atom stereocenters. The Morgan fingerprint density at radius 3 is 3.00 bits per heavy atom. The maximum atomic E-state index is 13.6. The Hall–Kier alpha value is -2.80. The largest absolute Gasteiger partial charge is 0.422 e. The van der Waals surface area contributed by atoms with Gasteiger partial charge in [0.25, 0.3) is 0 Å². The Morgan fingerprint density at radius 1 is 1.23 bits per heavy atom. The zero-order valence-corrected chi connectivity index (χ0v) is 14.2. The molecule has 0 saturated carbocycles. The first kappa shape index (κ1) is 16.7. The summed E-state index contributed by atoms with van der Waals surface area (Å²) in [6.07, 6.45) is 8.38. The summed E-state index contributed by atoms with van der Waals surface area (Å²) in [6.45, 7) is 1.42. The minimum absolute atomic E-state index is 0.212. The SMILES string of the molecule is Fc1ccccc1/C=C/Cc1nnc([C@H]2OCC[C@H]2Cn2cccn2)o1. The zero-order valence-electron chi connectivity index (χ0n) is 14.2. The summed E-state index contributed by atoms with van der Waals surface area (Å²) < 4.78 is 27.0. The van der Waals surface area contributed by atoms with Crippen LogP contribution >= 0.6 is 0 Å². The number of ether oxygens (including phenoxy) is 1. The number of allylic oxidation sites excluding steroid dienone is 1. The van der Waals surface area contributed by atoms with Gasteiger partial charge in [-0.15, -0.1) is 10.2 Å². The van der Waals surface area contributed by atoms with E-state index in [9.17, 15) is 4.39 Å². The van der Waals surface area contributed by atoms with Gasteiger partial charge in [0.2, 0.25) is 11.8 Å². The van der Waals surface area contributed by atoms with E-state index < -0.39 is 0 Å². The van der Waals surface area contributed by atoms with E-state index in [-0.39, 0.29) is 17.8 Å². The summed E-state index contributed by atoms with van der Waals surface area (Å²) in [6, 6.07) is 8.51. The van der Waals surface area contributed by atoms with Crippen molar-refractivity contribution in [2.75, 3.05) is 6.61 Å². The molecule has 7 heteroatoms. The van der Waals surface area contributed by atoms with Gasteiger partial charge in [0, 0.05) is 43.4 Å². The summed E-state index contributed by atoms with van der Waals surface area (Å²) in [4.78, 5) is 0. The van der Waals surface area contributed by atoms with Gasteiger partial charge in [0.1, 0.15) is 11.9 Å². The third kappa shape index (κ3) is 3.72. The molecule has 1 saturated heterocycles. The molecule has 0 bridgehead atoms. The fraction of sp³-hybridized carbons (Fsp3) is 0.316. The zero-order chi connectivity index (χ0) is 17.8. The van der Waals surface area contributed by atoms with Crippen LogP contribution in [0.5, 0.6) is 0 Å². The van der Waals surface area contributed by atoms with Crippen molar-refractivity contribution in [1.29, 1.82) is 0 Å². The lowest BCUT2D eigenvalue weighted by Crippen LogP contribution is -2.15. The third-order valence-corrected chi connectivity index (χ3v) is 4.42. The first-order chi connectivity index (χ1) is 12.8. The molecule has 0 amide bonds. The number of hydrogen-bond acceptors (Lipinski definition) is 5. The van der Waals surface area contributed by atoms with Crippen LogP contribution < -0.4 is 0 Å². The van der Waals surface area contributed by atoms with Crippen LogP contribution in [0, 0.1) is 11.7 Å². The summed E-state index contributed by atoms with van der Waals surface area (Å²) in [5.41, 5.74) is 0.533. The Balaban J connectivity index is 1.40. The number of halogens is 1. The number of rotatable bonds is 6. The van der Waals surface area contributed by atoms with E-state index >= 15 is 0 Å². The molecule has 3 heterocycles. The van der Waals surface area contributed by atoms with Gasteiger partial charge in [-0.1, -0.05) is 30.4 Å². The lowest BCUT2D eigenvalue weighted by molar-refractivity contribution is 0.0621. The van der Waals surface area contributed by atoms with Gasteiger partial charge in [0.05, 0.1) is 0 Å². The van der Waals surface area contributed by atoms with Crippen LogP contribution in [0.1, 0.15) is 29.9 Å². The van der Waals surface area contributed by atoms with Gasteiger partial charge in [-0.05, 0) is 18.6 Å². The molecule has 0 spiro atoms. The van der Waals surface area contributed by atoms with E-state index in [1.54, 1.807) is 30.5 Å². The third-order valence-electron chi connectivity index (χ3n) is 4.42. The van der Waals surface area contributed by atoms with Crippen molar-refractivity contribution in [2.45, 2.75) is 25.5 Å². The molecule has 26 heavy (non-hydrogen) atoms. The van der Waals surface area contributed by atoms with Gasteiger partial charge >= 0.3 is 0 Å². The van der Waals surface area contributed by atoms with Gasteiger partial charge < -0.3 is 9.15 Å². The molecule has 2 aromatic heterocycles. The van der Waals surface area contributed by atoms with Crippen LogP contribution in [0.15, 0.2) is 53.2 Å². The highest BCUT2D eigenvalue weighted by molar-refractivity contribution is 5.49. The van der Waals surface area contributed by atoms with E-state index in [0.29, 0.717) is 30.4 Å². The molecule has 2 atom stereocenters. The molecular formula is C19H19FN4O2. The lowest BCUT2D eigenvalue weighted by Gasteiger charge is -2.14. The second kappa shape index (κ2) is 7.61. The normalized spacial score (nSPS) is 20.2. The van der Waals surface area contributed by atoms with Crippen molar-refractivity contribution < 1.29 is 13.5 Å². The molecular weight excluding hydrogens is 335 g/mol. The average molecular weight is 354 g/mol. The maximum Gasteiger partial charge on any atom is 0.245 e. The van der Waals surface area contributed by atoms with Gasteiger partial charge in [0.15, 0.2) is 0 Å². The summed E-state index contributed by atoms with van der Waals surface area (Å²) in [7, 11) is 0. The first-order valence-corrected chi connectivity index (χ1v) is 8.62. The highest BCUT2D eigenvalue weighted by atomic mass is 19.1. The standard InChI is InChI=1S/C19H19FN4O2/c20-16-7-2-1-5-14(16)6-3-8-17-22-23-19(26-17)18-15(9-12-25-18)13-24-11-4-10-21-24/h1-7,10-11,15,18H,8-9,12-13H2/b6-3+/t15-,18-/m0/s1. The van der Waals surface area contributed by atoms with Crippen molar-refractivity contribution in [2.24, 2.45) is 5.92 Å². The van der Waals surface area contributed by atoms with E-state index in [4.69, 9.17) is 9.15 Å². The van der Waals surface area contributed by atoms with Crippen molar-refractivity contribution >= 4 is 6.08 Å². The van der Waals surface area contributed by atoms with E-state index in [1.165, 1.54) is 6.07 Å². The lowest BCUT2D eigenvalue weighted by atomic mass is 10.0. The Labute approximate surface area is 150 Å². The molecule has 3 aromatic rings. The van der Waals surface area contributed by atoms with Gasteiger partial charge in [-0.25, -0.2) is 4.39 Å². The minimum Gasteiger partial charge on any atom is -0.422 e. The quantitative estimate of drug-likeness (QED) is 0.678. The van der Waals surface area contributed by atoms with E-state index in [1.807, 2.05) is 23.0 Å². The molecule has 1 fully saturated rings. The molecule has 4 rings (SSSR count). The number of nitrogens with zero attached hydrogens (tertiary/aromatic N) is 4. The molecule has 1 aliphatic heterocycles.